The number of nitrogens with zero attached hydrogens (tertiary/aromatic N) is 3. The molecule has 0 radical (unpaired) electrons. The Hall–Kier alpha value is -1.88. The number of hydrogen-bond acceptors (Lipinski definition) is 4. The van der Waals surface area contributed by atoms with Crippen molar-refractivity contribution in [1.82, 2.24) is 15.1 Å². The van der Waals surface area contributed by atoms with Gasteiger partial charge in [-0.3, -0.25) is 4.90 Å². The fraction of sp³-hybridized carbons (Fsp3) is 0.300. The quantitative estimate of drug-likeness (QED) is 0.558. The molecule has 1 aromatic heterocycles. The normalized spacial score (nSPS) is 14.2. The molecule has 4 nitrogen and oxygen atoms in total. The summed E-state index contributed by atoms with van der Waals surface area (Å²) in [6.07, 6.45) is 2.44. The highest BCUT2D eigenvalue weighted by Crippen LogP contribution is 2.32. The molecular formula is C20H19Cl2N3O. The molecule has 0 saturated heterocycles. The summed E-state index contributed by atoms with van der Waals surface area (Å²) in [5.74, 6) is 1.03. The molecule has 26 heavy (non-hydrogen) atoms. The van der Waals surface area contributed by atoms with Gasteiger partial charge in [-0.2, -0.15) is 0 Å². The van der Waals surface area contributed by atoms with E-state index < -0.39 is 0 Å². The van der Waals surface area contributed by atoms with Crippen LogP contribution in [-0.2, 0) is 13.1 Å². The summed E-state index contributed by atoms with van der Waals surface area (Å²) in [5.41, 5.74) is 3.28. The zero-order valence-electron chi connectivity index (χ0n) is 14.5. The molecule has 0 amide bonds. The van der Waals surface area contributed by atoms with E-state index in [1.54, 1.807) is 18.2 Å². The zero-order valence-corrected chi connectivity index (χ0v) is 16.0. The number of aromatic nitrogens is 2. The van der Waals surface area contributed by atoms with Gasteiger partial charge in [0.15, 0.2) is 0 Å². The Morgan fingerprint density at radius 1 is 1.08 bits per heavy atom. The third kappa shape index (κ3) is 4.09. The van der Waals surface area contributed by atoms with Crippen molar-refractivity contribution in [3.8, 4) is 11.5 Å². The summed E-state index contributed by atoms with van der Waals surface area (Å²) in [6, 6.07) is 14.4. The van der Waals surface area contributed by atoms with Crippen LogP contribution >= 0.6 is 23.2 Å². The maximum atomic E-state index is 6.24. The van der Waals surface area contributed by atoms with Crippen molar-refractivity contribution in [2.24, 2.45) is 0 Å². The number of halogens is 2. The van der Waals surface area contributed by atoms with E-state index in [0.29, 0.717) is 40.0 Å². The van der Waals surface area contributed by atoms with Crippen molar-refractivity contribution in [1.29, 1.82) is 0 Å². The third-order valence-corrected chi connectivity index (χ3v) is 5.05. The molecular weight excluding hydrogens is 369 g/mol. The summed E-state index contributed by atoms with van der Waals surface area (Å²) >= 11 is 12.2. The van der Waals surface area contributed by atoms with Gasteiger partial charge in [0, 0.05) is 17.6 Å². The van der Waals surface area contributed by atoms with E-state index in [1.165, 1.54) is 24.0 Å². The lowest BCUT2D eigenvalue weighted by Crippen LogP contribution is -2.25. The summed E-state index contributed by atoms with van der Waals surface area (Å²) in [7, 11) is 0. The van der Waals surface area contributed by atoms with Crippen LogP contribution < -0.4 is 0 Å². The average Bonchev–Trinajstić information content (AvgIpc) is 3.35. The summed E-state index contributed by atoms with van der Waals surface area (Å²) in [4.78, 5) is 2.40. The lowest BCUT2D eigenvalue weighted by molar-refractivity contribution is 0.221. The van der Waals surface area contributed by atoms with Gasteiger partial charge < -0.3 is 4.42 Å². The van der Waals surface area contributed by atoms with Crippen LogP contribution in [0.15, 0.2) is 46.9 Å². The number of rotatable bonds is 6. The molecule has 1 aliphatic rings. The van der Waals surface area contributed by atoms with Gasteiger partial charge in [0.2, 0.25) is 11.8 Å². The third-order valence-electron chi connectivity index (χ3n) is 4.50. The maximum Gasteiger partial charge on any atom is 0.249 e. The second-order valence-electron chi connectivity index (χ2n) is 6.75. The van der Waals surface area contributed by atoms with Crippen molar-refractivity contribution in [3.63, 3.8) is 0 Å². The van der Waals surface area contributed by atoms with E-state index in [1.807, 2.05) is 0 Å². The van der Waals surface area contributed by atoms with Gasteiger partial charge in [-0.25, -0.2) is 0 Å². The summed E-state index contributed by atoms with van der Waals surface area (Å²) < 4.78 is 5.87. The van der Waals surface area contributed by atoms with Crippen molar-refractivity contribution in [2.75, 3.05) is 0 Å². The van der Waals surface area contributed by atoms with E-state index in [-0.39, 0.29) is 0 Å². The smallest absolute Gasteiger partial charge is 0.249 e. The monoisotopic (exact) mass is 387 g/mol. The van der Waals surface area contributed by atoms with Crippen LogP contribution in [0.3, 0.4) is 0 Å². The lowest BCUT2D eigenvalue weighted by Gasteiger charge is -2.20. The first-order valence-electron chi connectivity index (χ1n) is 8.66. The van der Waals surface area contributed by atoms with E-state index >= 15 is 0 Å². The fourth-order valence-corrected chi connectivity index (χ4v) is 3.55. The predicted molar refractivity (Wildman–Crippen MR) is 103 cm³/mol. The van der Waals surface area contributed by atoms with Gasteiger partial charge in [-0.1, -0.05) is 53.0 Å². The molecule has 0 atom stereocenters. The molecule has 134 valence electrons. The molecule has 6 heteroatoms. The average molecular weight is 388 g/mol. The van der Waals surface area contributed by atoms with Gasteiger partial charge in [0.25, 0.3) is 0 Å². The molecule has 1 saturated carbocycles. The number of hydrogen-bond donors (Lipinski definition) is 0. The second kappa shape index (κ2) is 7.39. The first-order chi connectivity index (χ1) is 12.6. The summed E-state index contributed by atoms with van der Waals surface area (Å²) in [5, 5.41) is 9.46. The second-order valence-corrected chi connectivity index (χ2v) is 7.59. The first-order valence-corrected chi connectivity index (χ1v) is 9.41. The molecule has 0 unspecified atom stereocenters. The molecule has 0 bridgehead atoms. The Labute approximate surface area is 162 Å². The van der Waals surface area contributed by atoms with E-state index in [0.717, 1.165) is 6.54 Å². The molecule has 0 spiro atoms. The first kappa shape index (κ1) is 17.5. The van der Waals surface area contributed by atoms with E-state index in [9.17, 15) is 0 Å². The molecule has 1 aliphatic carbocycles. The standard InChI is InChI=1S/C20H19Cl2N3O/c1-13-3-2-4-14(9-13)11-25(16-6-7-16)12-19-23-24-20(26-19)17-8-5-15(21)10-18(17)22/h2-5,8-10,16H,6-7,11-12H2,1H3. The maximum absolute atomic E-state index is 6.24. The Morgan fingerprint density at radius 3 is 2.65 bits per heavy atom. The van der Waals surface area contributed by atoms with Gasteiger partial charge in [0.05, 0.1) is 17.1 Å². The minimum atomic E-state index is 0.424. The van der Waals surface area contributed by atoms with Crippen LogP contribution in [-0.4, -0.2) is 21.1 Å². The lowest BCUT2D eigenvalue weighted by atomic mass is 10.1. The topological polar surface area (TPSA) is 42.2 Å². The van der Waals surface area contributed by atoms with Crippen molar-refractivity contribution in [2.45, 2.75) is 38.9 Å². The van der Waals surface area contributed by atoms with Crippen LogP contribution in [0.5, 0.6) is 0 Å². The molecule has 0 N–H and O–H groups in total. The largest absolute Gasteiger partial charge is 0.419 e. The highest BCUT2D eigenvalue weighted by molar-refractivity contribution is 6.36. The van der Waals surface area contributed by atoms with Crippen molar-refractivity contribution < 1.29 is 4.42 Å². The van der Waals surface area contributed by atoms with Gasteiger partial charge in [-0.15, -0.1) is 10.2 Å². The van der Waals surface area contributed by atoms with E-state index in [4.69, 9.17) is 27.6 Å². The Balaban J connectivity index is 1.51. The minimum Gasteiger partial charge on any atom is -0.419 e. The Morgan fingerprint density at radius 2 is 1.92 bits per heavy atom. The Kier molecular flexibility index (Phi) is 4.98. The Bertz CT molecular complexity index is 921. The molecule has 0 aliphatic heterocycles. The fourth-order valence-electron chi connectivity index (χ4n) is 3.06. The van der Waals surface area contributed by atoms with Gasteiger partial charge in [0.1, 0.15) is 0 Å². The van der Waals surface area contributed by atoms with E-state index in [2.05, 4.69) is 46.3 Å². The van der Waals surface area contributed by atoms with Crippen molar-refractivity contribution in [3.05, 3.63) is 69.5 Å². The minimum absolute atomic E-state index is 0.424. The predicted octanol–water partition coefficient (Wildman–Crippen LogP) is 5.52. The zero-order chi connectivity index (χ0) is 18.1. The SMILES string of the molecule is Cc1cccc(CN(Cc2nnc(-c3ccc(Cl)cc3Cl)o2)C2CC2)c1. The summed E-state index contributed by atoms with van der Waals surface area (Å²) in [6.45, 7) is 3.63. The molecule has 3 aromatic rings. The van der Waals surface area contributed by atoms with Crippen LogP contribution in [0.1, 0.15) is 29.9 Å². The number of benzene rings is 2. The van der Waals surface area contributed by atoms with Gasteiger partial charge in [-0.05, 0) is 43.5 Å². The molecule has 2 aromatic carbocycles. The molecule has 4 rings (SSSR count). The number of aryl methyl sites for hydroxylation is 1. The van der Waals surface area contributed by atoms with Crippen LogP contribution in [0.2, 0.25) is 10.0 Å². The highest BCUT2D eigenvalue weighted by atomic mass is 35.5. The van der Waals surface area contributed by atoms with Crippen molar-refractivity contribution >= 4 is 23.2 Å². The molecule has 1 heterocycles. The molecule has 1 fully saturated rings. The van der Waals surface area contributed by atoms with Crippen LogP contribution in [0, 0.1) is 6.92 Å². The van der Waals surface area contributed by atoms with Crippen LogP contribution in [0.4, 0.5) is 0 Å². The highest BCUT2D eigenvalue weighted by Gasteiger charge is 2.30. The van der Waals surface area contributed by atoms with Crippen LogP contribution in [0.25, 0.3) is 11.5 Å². The van der Waals surface area contributed by atoms with Gasteiger partial charge >= 0.3 is 0 Å².